The van der Waals surface area contributed by atoms with Gasteiger partial charge in [0.15, 0.2) is 0 Å². The molecule has 4 heteroatoms. The summed E-state index contributed by atoms with van der Waals surface area (Å²) < 4.78 is 1.63. The van der Waals surface area contributed by atoms with Crippen LogP contribution in [0.4, 0.5) is 0 Å². The van der Waals surface area contributed by atoms with Crippen molar-refractivity contribution in [2.45, 2.75) is 0 Å². The molecule has 0 fully saturated rings. The van der Waals surface area contributed by atoms with Crippen molar-refractivity contribution < 1.29 is 5.11 Å². The number of phenols is 1. The van der Waals surface area contributed by atoms with Crippen LogP contribution in [0.1, 0.15) is 0 Å². The van der Waals surface area contributed by atoms with Gasteiger partial charge in [0.1, 0.15) is 11.4 Å². The lowest BCUT2D eigenvalue weighted by Gasteiger charge is -2.07. The number of rotatable bonds is 0. The normalized spacial score (nSPS) is 12.0. The van der Waals surface area contributed by atoms with E-state index < -0.39 is 0 Å². The zero-order valence-corrected chi connectivity index (χ0v) is 11.4. The Morgan fingerprint density at radius 3 is 2.73 bits per heavy atom. The van der Waals surface area contributed by atoms with Crippen molar-refractivity contribution in [1.82, 2.24) is 9.38 Å². The number of benzene rings is 3. The first kappa shape index (κ1) is 11.5. The molecule has 0 atom stereocenters. The van der Waals surface area contributed by atoms with Crippen LogP contribution in [0.5, 0.6) is 5.75 Å². The van der Waals surface area contributed by atoms with Gasteiger partial charge in [-0.2, -0.15) is 0 Å². The average molecular weight is 286 g/mol. The van der Waals surface area contributed by atoms with Crippen molar-refractivity contribution in [3.63, 3.8) is 0 Å². The van der Waals surface area contributed by atoms with Crippen LogP contribution in [0.15, 0.2) is 59.4 Å². The van der Waals surface area contributed by atoms with Crippen LogP contribution < -0.4 is 5.56 Å². The van der Waals surface area contributed by atoms with E-state index in [0.29, 0.717) is 11.0 Å². The molecular formula is C18H10N2O2. The first-order chi connectivity index (χ1) is 10.7. The molecule has 0 radical (unpaired) electrons. The lowest BCUT2D eigenvalue weighted by molar-refractivity contribution is 0.477. The molecule has 0 aliphatic carbocycles. The second-order valence-electron chi connectivity index (χ2n) is 5.46. The van der Waals surface area contributed by atoms with E-state index in [9.17, 15) is 9.90 Å². The number of fused-ring (bicyclic) bond motifs is 4. The Balaban J connectivity index is 2.26. The fraction of sp³-hybridized carbons (Fsp3) is 0. The topological polar surface area (TPSA) is 54.6 Å². The second kappa shape index (κ2) is 3.74. The third-order valence-corrected chi connectivity index (χ3v) is 4.20. The molecule has 0 amide bonds. The molecule has 0 spiro atoms. The van der Waals surface area contributed by atoms with Crippen LogP contribution in [0.3, 0.4) is 0 Å². The predicted octanol–water partition coefficient (Wildman–Crippen LogP) is 3.30. The highest BCUT2D eigenvalue weighted by Crippen LogP contribution is 2.32. The molecule has 2 aromatic heterocycles. The molecule has 1 N–H and O–H groups in total. The molecule has 0 aliphatic rings. The molecule has 0 bridgehead atoms. The van der Waals surface area contributed by atoms with Gasteiger partial charge in [-0.25, -0.2) is 4.98 Å². The van der Waals surface area contributed by atoms with Crippen LogP contribution in [-0.4, -0.2) is 14.5 Å². The highest BCUT2D eigenvalue weighted by molar-refractivity contribution is 6.15. The number of hydrogen-bond donors (Lipinski definition) is 1. The zero-order valence-electron chi connectivity index (χ0n) is 11.4. The van der Waals surface area contributed by atoms with Crippen LogP contribution in [0.2, 0.25) is 0 Å². The van der Waals surface area contributed by atoms with E-state index in [1.54, 1.807) is 16.5 Å². The van der Waals surface area contributed by atoms with Crippen molar-refractivity contribution in [3.8, 4) is 5.75 Å². The average Bonchev–Trinajstić information content (AvgIpc) is 2.91. The second-order valence-corrected chi connectivity index (χ2v) is 5.46. The van der Waals surface area contributed by atoms with Crippen LogP contribution in [0.25, 0.3) is 38.2 Å². The van der Waals surface area contributed by atoms with Gasteiger partial charge in [0.05, 0.1) is 11.0 Å². The summed E-state index contributed by atoms with van der Waals surface area (Å²) in [5.41, 5.74) is 2.07. The minimum absolute atomic E-state index is 0.0764. The van der Waals surface area contributed by atoms with Crippen molar-refractivity contribution in [1.29, 1.82) is 0 Å². The number of imidazole rings is 1. The Morgan fingerprint density at radius 1 is 0.955 bits per heavy atom. The number of pyridine rings is 1. The smallest absolute Gasteiger partial charge is 0.264 e. The number of para-hydroxylation sites is 2. The predicted molar refractivity (Wildman–Crippen MR) is 86.8 cm³/mol. The van der Waals surface area contributed by atoms with Crippen LogP contribution in [-0.2, 0) is 0 Å². The van der Waals surface area contributed by atoms with E-state index in [0.717, 1.165) is 27.2 Å². The summed E-state index contributed by atoms with van der Waals surface area (Å²) in [6.07, 6.45) is 0. The summed E-state index contributed by atoms with van der Waals surface area (Å²) in [5, 5.41) is 13.1. The van der Waals surface area contributed by atoms with E-state index in [4.69, 9.17) is 0 Å². The lowest BCUT2D eigenvalue weighted by atomic mass is 10.0. The Morgan fingerprint density at radius 2 is 1.82 bits per heavy atom. The summed E-state index contributed by atoms with van der Waals surface area (Å²) in [4.78, 5) is 17.5. The zero-order chi connectivity index (χ0) is 14.8. The Bertz CT molecular complexity index is 1250. The van der Waals surface area contributed by atoms with Gasteiger partial charge in [-0.3, -0.25) is 9.20 Å². The van der Waals surface area contributed by atoms with Gasteiger partial charge in [0.25, 0.3) is 5.56 Å². The molecule has 0 aliphatic heterocycles. The Labute approximate surface area is 124 Å². The third-order valence-electron chi connectivity index (χ3n) is 4.20. The minimum Gasteiger partial charge on any atom is -0.508 e. The summed E-state index contributed by atoms with van der Waals surface area (Å²) in [6.45, 7) is 0. The highest BCUT2D eigenvalue weighted by Gasteiger charge is 2.16. The van der Waals surface area contributed by atoms with Crippen molar-refractivity contribution >= 4 is 38.2 Å². The van der Waals surface area contributed by atoms with Crippen LogP contribution >= 0.6 is 0 Å². The first-order valence-corrected chi connectivity index (χ1v) is 7.02. The largest absolute Gasteiger partial charge is 0.508 e. The van der Waals surface area contributed by atoms with Crippen molar-refractivity contribution in [2.24, 2.45) is 0 Å². The molecule has 0 saturated heterocycles. The first-order valence-electron chi connectivity index (χ1n) is 7.02. The van der Waals surface area contributed by atoms with Crippen LogP contribution in [0, 0.1) is 0 Å². The molecular weight excluding hydrogens is 276 g/mol. The van der Waals surface area contributed by atoms with Gasteiger partial charge in [0.2, 0.25) is 0 Å². The maximum Gasteiger partial charge on any atom is 0.264 e. The standard InChI is InChI=1S/C18H10N2O2/c21-11-8-10-4-3-5-12-16(10)13(9-11)17-19-14-6-1-2-7-15(14)20(17)18(12)22/h1-9,21H. The van der Waals surface area contributed by atoms with Crippen molar-refractivity contribution in [3.05, 3.63) is 65.0 Å². The van der Waals surface area contributed by atoms with Gasteiger partial charge in [-0.05, 0) is 35.7 Å². The fourth-order valence-corrected chi connectivity index (χ4v) is 3.30. The maximum atomic E-state index is 12.9. The Hall–Kier alpha value is -3.14. The van der Waals surface area contributed by atoms with E-state index in [-0.39, 0.29) is 11.3 Å². The van der Waals surface area contributed by atoms with Gasteiger partial charge in [0, 0.05) is 16.2 Å². The fourth-order valence-electron chi connectivity index (χ4n) is 3.30. The minimum atomic E-state index is -0.0764. The summed E-state index contributed by atoms with van der Waals surface area (Å²) in [5.74, 6) is 0.174. The van der Waals surface area contributed by atoms with Crippen molar-refractivity contribution in [2.75, 3.05) is 0 Å². The third kappa shape index (κ3) is 1.27. The SMILES string of the molecule is O=c1c2cccc3cc(O)cc(c32)c2nc3ccccc3n12. The summed E-state index contributed by atoms with van der Waals surface area (Å²) in [7, 11) is 0. The monoisotopic (exact) mass is 286 g/mol. The van der Waals surface area contributed by atoms with E-state index >= 15 is 0 Å². The van der Waals surface area contributed by atoms with E-state index in [1.165, 1.54) is 0 Å². The van der Waals surface area contributed by atoms with Gasteiger partial charge in [-0.1, -0.05) is 24.3 Å². The van der Waals surface area contributed by atoms with Gasteiger partial charge >= 0.3 is 0 Å². The maximum absolute atomic E-state index is 12.9. The van der Waals surface area contributed by atoms with E-state index in [2.05, 4.69) is 4.98 Å². The summed E-state index contributed by atoms with van der Waals surface area (Å²) in [6, 6.07) is 16.5. The van der Waals surface area contributed by atoms with Gasteiger partial charge in [-0.15, -0.1) is 0 Å². The molecule has 5 rings (SSSR count). The molecule has 104 valence electrons. The Kier molecular flexibility index (Phi) is 1.96. The number of aromatic nitrogens is 2. The molecule has 0 unspecified atom stereocenters. The molecule has 3 aromatic carbocycles. The molecule has 4 nitrogen and oxygen atoms in total. The molecule has 0 saturated carbocycles. The number of hydrogen-bond acceptors (Lipinski definition) is 3. The summed E-state index contributed by atoms with van der Waals surface area (Å²) >= 11 is 0. The molecule has 5 aromatic rings. The number of aromatic hydroxyl groups is 1. The number of nitrogens with zero attached hydrogens (tertiary/aromatic N) is 2. The van der Waals surface area contributed by atoms with E-state index in [1.807, 2.05) is 42.5 Å². The van der Waals surface area contributed by atoms with Gasteiger partial charge < -0.3 is 5.11 Å². The lowest BCUT2D eigenvalue weighted by Crippen LogP contribution is -2.13. The quantitative estimate of drug-likeness (QED) is 0.475. The molecule has 22 heavy (non-hydrogen) atoms. The molecule has 2 heterocycles. The highest BCUT2D eigenvalue weighted by atomic mass is 16.3. The number of phenolic OH excluding ortho intramolecular Hbond substituents is 1.